The van der Waals surface area contributed by atoms with Crippen LogP contribution in [0.2, 0.25) is 0 Å². The number of esters is 3. The first-order valence-electron chi connectivity index (χ1n) is 11.9. The number of aliphatic carboxylic acids is 2. The molecule has 1 aliphatic carbocycles. The van der Waals surface area contributed by atoms with Crippen LogP contribution < -0.4 is 18.9 Å². The van der Waals surface area contributed by atoms with E-state index in [2.05, 4.69) is 14.2 Å². The molecule has 0 saturated carbocycles. The van der Waals surface area contributed by atoms with Crippen molar-refractivity contribution in [1.82, 2.24) is 0 Å². The molecular formula is C29H38FLiO11Pd. The molecule has 2 aromatic rings. The molecule has 0 amide bonds. The SMILES string of the molecule is C.CC(=O)O.CC(=O)O.COC(=O)/C=C/c1ccccc1C(=O)OC.COC(=O)C1Cc2ccccc2C1=O.[2H]CF.[H-].[Li+].[Pd]. The molecule has 1 unspecified atom stereocenters. The summed E-state index contributed by atoms with van der Waals surface area (Å²) in [5.74, 6) is -3.76. The van der Waals surface area contributed by atoms with Gasteiger partial charge in [0.1, 0.15) is 5.92 Å². The topological polar surface area (TPSA) is 171 Å². The summed E-state index contributed by atoms with van der Waals surface area (Å²) in [6.45, 7) is 2.17. The predicted molar refractivity (Wildman–Crippen MR) is 150 cm³/mol. The van der Waals surface area contributed by atoms with Gasteiger partial charge >= 0.3 is 36.8 Å². The summed E-state index contributed by atoms with van der Waals surface area (Å²) in [5, 5.41) is 14.8. The second kappa shape index (κ2) is 28.5. The quantitative estimate of drug-likeness (QED) is 0.156. The number of halogens is 1. The number of carbonyl (C=O) groups excluding carboxylic acids is 4. The van der Waals surface area contributed by atoms with Crippen molar-refractivity contribution in [1.29, 1.82) is 0 Å². The van der Waals surface area contributed by atoms with Gasteiger partial charge in [-0.2, -0.15) is 0 Å². The number of hydrogen-bond acceptors (Lipinski definition) is 9. The van der Waals surface area contributed by atoms with E-state index in [0.29, 0.717) is 23.1 Å². The zero-order chi connectivity index (χ0) is 32.0. The van der Waals surface area contributed by atoms with Crippen molar-refractivity contribution < 1.29 is 99.7 Å². The molecule has 0 saturated heterocycles. The number of ether oxygens (including phenoxy) is 3. The summed E-state index contributed by atoms with van der Waals surface area (Å²) in [7, 11) is 2.90. The maximum Gasteiger partial charge on any atom is 1.00 e. The number of rotatable bonds is 4. The van der Waals surface area contributed by atoms with Crippen molar-refractivity contribution in [2.75, 3.05) is 28.5 Å². The summed E-state index contributed by atoms with van der Waals surface area (Å²) in [4.78, 5) is 63.2. The van der Waals surface area contributed by atoms with Crippen LogP contribution in [0.4, 0.5) is 4.39 Å². The number of fused-ring (bicyclic) bond motifs is 1. The van der Waals surface area contributed by atoms with E-state index in [1.165, 1.54) is 33.5 Å². The third kappa shape index (κ3) is 20.8. The van der Waals surface area contributed by atoms with Crippen molar-refractivity contribution in [2.24, 2.45) is 5.92 Å². The number of carbonyl (C=O) groups is 6. The van der Waals surface area contributed by atoms with Crippen molar-refractivity contribution in [2.45, 2.75) is 27.7 Å². The zero-order valence-electron chi connectivity index (χ0n) is 26.0. The Hall–Kier alpha value is -3.61. The fraction of sp³-hybridized carbons (Fsp3) is 0.310. The van der Waals surface area contributed by atoms with E-state index in [1.54, 1.807) is 36.4 Å². The minimum Gasteiger partial charge on any atom is -1.00 e. The molecule has 0 bridgehead atoms. The molecule has 0 fully saturated rings. The van der Waals surface area contributed by atoms with Crippen molar-refractivity contribution >= 4 is 41.7 Å². The van der Waals surface area contributed by atoms with Crippen LogP contribution in [-0.2, 0) is 60.2 Å². The Morgan fingerprint density at radius 1 is 0.930 bits per heavy atom. The number of carboxylic acid groups (broad SMARTS) is 2. The first-order chi connectivity index (χ1) is 19.3. The first kappa shape index (κ1) is 46.4. The molecule has 0 heterocycles. The van der Waals surface area contributed by atoms with Gasteiger partial charge in [-0.15, -0.1) is 0 Å². The van der Waals surface area contributed by atoms with Gasteiger partial charge in [0.2, 0.25) is 0 Å². The zero-order valence-corrected chi connectivity index (χ0v) is 25.6. The smallest absolute Gasteiger partial charge is 1.00 e. The van der Waals surface area contributed by atoms with Gasteiger partial charge in [0, 0.05) is 45.9 Å². The molecule has 2 N–H and O–H groups in total. The van der Waals surface area contributed by atoms with Crippen molar-refractivity contribution in [3.8, 4) is 0 Å². The number of alkyl halides is 1. The summed E-state index contributed by atoms with van der Waals surface area (Å²) >= 11 is 0. The van der Waals surface area contributed by atoms with Gasteiger partial charge in [0.05, 0.1) is 35.4 Å². The van der Waals surface area contributed by atoms with Gasteiger partial charge in [-0.3, -0.25) is 23.6 Å². The van der Waals surface area contributed by atoms with Crippen LogP contribution in [0.3, 0.4) is 0 Å². The number of hydrogen-bond donors (Lipinski definition) is 2. The molecule has 3 rings (SSSR count). The van der Waals surface area contributed by atoms with Crippen LogP contribution in [-0.4, -0.2) is 74.3 Å². The Bertz CT molecular complexity index is 1190. The van der Waals surface area contributed by atoms with E-state index in [9.17, 15) is 23.6 Å². The Morgan fingerprint density at radius 2 is 1.40 bits per heavy atom. The molecule has 1 aliphatic rings. The van der Waals surface area contributed by atoms with Gasteiger partial charge in [0.25, 0.3) is 11.9 Å². The summed E-state index contributed by atoms with van der Waals surface area (Å²) in [6, 6.07) is 14.1. The van der Waals surface area contributed by atoms with Crippen molar-refractivity contribution in [3.63, 3.8) is 0 Å². The van der Waals surface area contributed by atoms with E-state index >= 15 is 0 Å². The number of Topliss-reactive ketones (excluding diaryl/α,β-unsaturated/α-hetero) is 1. The van der Waals surface area contributed by atoms with Crippen molar-refractivity contribution in [3.05, 3.63) is 76.9 Å². The minimum absolute atomic E-state index is 0. The Labute approximate surface area is 279 Å². The fourth-order valence-electron chi connectivity index (χ4n) is 2.94. The summed E-state index contributed by atoms with van der Waals surface area (Å²) in [5.41, 5.74) is 2.61. The number of ketones is 1. The summed E-state index contributed by atoms with van der Waals surface area (Å²) < 4.78 is 29.2. The molecule has 2 aromatic carbocycles. The third-order valence-corrected chi connectivity index (χ3v) is 4.48. The maximum absolute atomic E-state index is 11.7. The van der Waals surface area contributed by atoms with Crippen LogP contribution in [0, 0.1) is 5.92 Å². The second-order valence-electron chi connectivity index (χ2n) is 7.27. The summed E-state index contributed by atoms with van der Waals surface area (Å²) in [6.07, 6.45) is 3.24. The molecular weight excluding hydrogens is 657 g/mol. The number of benzene rings is 2. The largest absolute Gasteiger partial charge is 1.00 e. The van der Waals surface area contributed by atoms with Crippen LogP contribution >= 0.6 is 0 Å². The van der Waals surface area contributed by atoms with E-state index in [1.807, 2.05) is 12.1 Å². The third-order valence-electron chi connectivity index (χ3n) is 4.48. The molecule has 0 aliphatic heterocycles. The van der Waals surface area contributed by atoms with E-state index in [4.69, 9.17) is 21.2 Å². The average molecular weight is 696 g/mol. The van der Waals surface area contributed by atoms with Crippen LogP contribution in [0.15, 0.2) is 54.6 Å². The van der Waals surface area contributed by atoms with Gasteiger partial charge in [0.15, 0.2) is 5.78 Å². The van der Waals surface area contributed by atoms with Crippen LogP contribution in [0.1, 0.15) is 55.9 Å². The molecule has 14 heteroatoms. The van der Waals surface area contributed by atoms with Gasteiger partial charge in [-0.25, -0.2) is 9.59 Å². The molecule has 0 spiro atoms. The van der Waals surface area contributed by atoms with Crippen LogP contribution in [0.25, 0.3) is 6.08 Å². The predicted octanol–water partition coefficient (Wildman–Crippen LogP) is 1.39. The Balaban J connectivity index is -0.000000120. The first-order valence-corrected chi connectivity index (χ1v) is 11.2. The second-order valence-corrected chi connectivity index (χ2v) is 7.27. The van der Waals surface area contributed by atoms with Gasteiger partial charge < -0.3 is 25.9 Å². The molecule has 0 aromatic heterocycles. The molecule has 43 heavy (non-hydrogen) atoms. The standard InChI is InChI=1S/C12H12O4.C11H10O3.2C2H4O2.CH3F.CH4.Li.Pd.H/c1-15-11(13)8-7-9-5-3-4-6-10(9)12(14)16-2;1-14-11(13)9-6-7-4-2-3-5-8(7)10(9)12;2*1-2(3)4;1-2;;;;/h3-8H,1-2H3;2-5,9H,6H2,1H3;2*1H3,(H,3,4);1H3;1H4;;;/q;;;;;;+1;;-1/b8-7+;;;;;;;;/i;;;;1D;;;;. The Morgan fingerprint density at radius 3 is 1.84 bits per heavy atom. The fourth-order valence-corrected chi connectivity index (χ4v) is 2.94. The normalized spacial score (nSPS) is 11.6. The van der Waals surface area contributed by atoms with Crippen LogP contribution in [0.5, 0.6) is 0 Å². The molecule has 11 nitrogen and oxygen atoms in total. The number of carboxylic acids is 2. The van der Waals surface area contributed by atoms with E-state index < -0.39 is 42.9 Å². The molecule has 1 atom stereocenters. The molecule has 238 valence electrons. The molecule has 0 radical (unpaired) electrons. The monoisotopic (exact) mass is 695 g/mol. The maximum atomic E-state index is 11.7. The Kier molecular flexibility index (Phi) is 30.7. The van der Waals surface area contributed by atoms with Gasteiger partial charge in [-0.1, -0.05) is 49.9 Å². The van der Waals surface area contributed by atoms with E-state index in [-0.39, 0.29) is 53.9 Å². The average Bonchev–Trinajstić information content (AvgIpc) is 3.27. The van der Waals surface area contributed by atoms with Gasteiger partial charge in [-0.05, 0) is 29.7 Å². The van der Waals surface area contributed by atoms with E-state index in [0.717, 1.165) is 19.4 Å². The minimum atomic E-state index is -1.00. The number of methoxy groups -OCH3 is 3.